The van der Waals surface area contributed by atoms with Crippen molar-refractivity contribution in [1.82, 2.24) is 15.0 Å². The summed E-state index contributed by atoms with van der Waals surface area (Å²) in [6.45, 7) is 5.22. The van der Waals surface area contributed by atoms with Crippen molar-refractivity contribution < 1.29 is 14.0 Å². The predicted octanol–water partition coefficient (Wildman–Crippen LogP) is 1.45. The summed E-state index contributed by atoms with van der Waals surface area (Å²) < 4.78 is 15.8. The van der Waals surface area contributed by atoms with Crippen molar-refractivity contribution in [2.24, 2.45) is 0 Å². The van der Waals surface area contributed by atoms with E-state index in [2.05, 4.69) is 15.0 Å². The monoisotopic (exact) mass is 275 g/mol. The standard InChI is InChI=1S/C14H17N3O3/c1-3-13(4-2-12(1)14-15-11-20-16-14)19-10-7-17-5-8-18-9-6-17/h1-4,11H,5-10H2. The minimum atomic E-state index is 0.588. The zero-order chi connectivity index (χ0) is 13.6. The maximum atomic E-state index is 5.73. The van der Waals surface area contributed by atoms with Gasteiger partial charge in [-0.25, -0.2) is 0 Å². The van der Waals surface area contributed by atoms with Crippen LogP contribution in [0.25, 0.3) is 11.4 Å². The smallest absolute Gasteiger partial charge is 0.214 e. The van der Waals surface area contributed by atoms with Gasteiger partial charge in [0.2, 0.25) is 12.2 Å². The molecule has 0 spiro atoms. The summed E-state index contributed by atoms with van der Waals surface area (Å²) in [7, 11) is 0. The maximum absolute atomic E-state index is 5.73. The van der Waals surface area contributed by atoms with Gasteiger partial charge in [-0.3, -0.25) is 4.90 Å². The van der Waals surface area contributed by atoms with Crippen molar-refractivity contribution in [1.29, 1.82) is 0 Å². The van der Waals surface area contributed by atoms with Crippen LogP contribution in [0.4, 0.5) is 0 Å². The van der Waals surface area contributed by atoms with Gasteiger partial charge in [0.1, 0.15) is 12.4 Å². The summed E-state index contributed by atoms with van der Waals surface area (Å²) in [6, 6.07) is 7.69. The third-order valence-corrected chi connectivity index (χ3v) is 3.25. The van der Waals surface area contributed by atoms with Crippen LogP contribution >= 0.6 is 0 Å². The Balaban J connectivity index is 1.48. The van der Waals surface area contributed by atoms with E-state index >= 15 is 0 Å². The van der Waals surface area contributed by atoms with Gasteiger partial charge in [0.15, 0.2) is 0 Å². The number of rotatable bonds is 5. The second-order valence-electron chi connectivity index (χ2n) is 4.58. The van der Waals surface area contributed by atoms with Gasteiger partial charge in [0, 0.05) is 25.2 Å². The van der Waals surface area contributed by atoms with Gasteiger partial charge >= 0.3 is 0 Å². The highest BCUT2D eigenvalue weighted by molar-refractivity contribution is 5.55. The number of benzene rings is 1. The van der Waals surface area contributed by atoms with Gasteiger partial charge < -0.3 is 14.0 Å². The minimum absolute atomic E-state index is 0.588. The topological polar surface area (TPSA) is 60.6 Å². The number of hydrogen-bond acceptors (Lipinski definition) is 6. The lowest BCUT2D eigenvalue weighted by molar-refractivity contribution is 0.0322. The van der Waals surface area contributed by atoms with Crippen molar-refractivity contribution in [3.8, 4) is 17.1 Å². The zero-order valence-corrected chi connectivity index (χ0v) is 11.2. The first-order chi connectivity index (χ1) is 9.92. The van der Waals surface area contributed by atoms with Crippen LogP contribution in [0.5, 0.6) is 5.75 Å². The molecule has 0 unspecified atom stereocenters. The molecule has 1 saturated heterocycles. The fourth-order valence-electron chi connectivity index (χ4n) is 2.12. The second kappa shape index (κ2) is 6.49. The number of ether oxygens (including phenoxy) is 2. The Labute approximate surface area is 117 Å². The first-order valence-corrected chi connectivity index (χ1v) is 6.71. The molecule has 2 aromatic rings. The van der Waals surface area contributed by atoms with Gasteiger partial charge in [-0.15, -0.1) is 0 Å². The molecule has 0 radical (unpaired) electrons. The summed E-state index contributed by atoms with van der Waals surface area (Å²) in [4.78, 5) is 6.35. The average Bonchev–Trinajstić information content (AvgIpc) is 3.03. The first kappa shape index (κ1) is 13.1. The molecule has 106 valence electrons. The Morgan fingerprint density at radius 2 is 1.95 bits per heavy atom. The number of aromatic nitrogens is 2. The van der Waals surface area contributed by atoms with Crippen molar-refractivity contribution in [2.45, 2.75) is 0 Å². The van der Waals surface area contributed by atoms with E-state index in [0.29, 0.717) is 12.4 Å². The minimum Gasteiger partial charge on any atom is -0.492 e. The fraction of sp³-hybridized carbons (Fsp3) is 0.429. The molecule has 0 aliphatic carbocycles. The highest BCUT2D eigenvalue weighted by Gasteiger charge is 2.09. The van der Waals surface area contributed by atoms with Gasteiger partial charge in [-0.2, -0.15) is 4.98 Å². The van der Waals surface area contributed by atoms with Crippen molar-refractivity contribution in [3.63, 3.8) is 0 Å². The van der Waals surface area contributed by atoms with E-state index in [-0.39, 0.29) is 0 Å². The highest BCUT2D eigenvalue weighted by Crippen LogP contribution is 2.18. The number of morpholine rings is 1. The third-order valence-electron chi connectivity index (χ3n) is 3.25. The van der Waals surface area contributed by atoms with E-state index in [1.54, 1.807) is 0 Å². The van der Waals surface area contributed by atoms with E-state index in [1.165, 1.54) is 6.39 Å². The second-order valence-corrected chi connectivity index (χ2v) is 4.58. The van der Waals surface area contributed by atoms with Crippen LogP contribution in [0.2, 0.25) is 0 Å². The molecule has 0 N–H and O–H groups in total. The van der Waals surface area contributed by atoms with Crippen LogP contribution < -0.4 is 4.74 Å². The summed E-state index contributed by atoms with van der Waals surface area (Å²) >= 11 is 0. The lowest BCUT2D eigenvalue weighted by atomic mass is 10.2. The molecule has 1 aliphatic heterocycles. The van der Waals surface area contributed by atoms with Gasteiger partial charge in [-0.05, 0) is 24.3 Å². The van der Waals surface area contributed by atoms with Crippen molar-refractivity contribution in [3.05, 3.63) is 30.7 Å². The predicted molar refractivity (Wildman–Crippen MR) is 72.5 cm³/mol. The molecule has 1 aromatic carbocycles. The Morgan fingerprint density at radius 1 is 1.15 bits per heavy atom. The van der Waals surface area contributed by atoms with Gasteiger partial charge in [-0.1, -0.05) is 5.16 Å². The van der Waals surface area contributed by atoms with Gasteiger partial charge in [0.25, 0.3) is 0 Å². The SMILES string of the molecule is c1nc(-c2ccc(OCCN3CCOCC3)cc2)no1. The molecule has 0 saturated carbocycles. The van der Waals surface area contributed by atoms with Crippen LogP contribution in [0, 0.1) is 0 Å². The van der Waals surface area contributed by atoms with Crippen LogP contribution in [0.15, 0.2) is 35.2 Å². The maximum Gasteiger partial charge on any atom is 0.214 e. The molecule has 1 aliphatic rings. The van der Waals surface area contributed by atoms with E-state index < -0.39 is 0 Å². The molecule has 1 aromatic heterocycles. The summed E-state index contributed by atoms with van der Waals surface area (Å²) in [5.41, 5.74) is 0.916. The molecule has 0 amide bonds. The lowest BCUT2D eigenvalue weighted by Gasteiger charge is -2.26. The summed E-state index contributed by atoms with van der Waals surface area (Å²) in [6.07, 6.45) is 1.32. The molecule has 1 fully saturated rings. The summed E-state index contributed by atoms with van der Waals surface area (Å²) in [5, 5.41) is 3.79. The van der Waals surface area contributed by atoms with Crippen molar-refractivity contribution in [2.75, 3.05) is 39.5 Å². The van der Waals surface area contributed by atoms with Crippen LogP contribution in [0.3, 0.4) is 0 Å². The molecule has 0 bridgehead atoms. The van der Waals surface area contributed by atoms with Gasteiger partial charge in [0.05, 0.1) is 13.2 Å². The highest BCUT2D eigenvalue weighted by atomic mass is 16.5. The number of nitrogens with zero attached hydrogens (tertiary/aromatic N) is 3. The van der Waals surface area contributed by atoms with Crippen LogP contribution in [-0.2, 0) is 4.74 Å². The third kappa shape index (κ3) is 3.34. The Bertz CT molecular complexity index is 507. The van der Waals surface area contributed by atoms with Crippen LogP contribution in [-0.4, -0.2) is 54.5 Å². The lowest BCUT2D eigenvalue weighted by Crippen LogP contribution is -2.38. The Morgan fingerprint density at radius 3 is 2.65 bits per heavy atom. The summed E-state index contributed by atoms with van der Waals surface area (Å²) in [5.74, 6) is 1.44. The number of hydrogen-bond donors (Lipinski definition) is 0. The van der Waals surface area contributed by atoms with E-state index in [4.69, 9.17) is 14.0 Å². The largest absolute Gasteiger partial charge is 0.492 e. The molecule has 3 rings (SSSR count). The zero-order valence-electron chi connectivity index (χ0n) is 11.2. The van der Waals surface area contributed by atoms with E-state index in [0.717, 1.165) is 44.2 Å². The van der Waals surface area contributed by atoms with Crippen molar-refractivity contribution >= 4 is 0 Å². The molecular formula is C14H17N3O3. The molecule has 2 heterocycles. The normalized spacial score (nSPS) is 16.2. The quantitative estimate of drug-likeness (QED) is 0.823. The Hall–Kier alpha value is -1.92. The van der Waals surface area contributed by atoms with E-state index in [9.17, 15) is 0 Å². The molecule has 6 nitrogen and oxygen atoms in total. The molecule has 6 heteroatoms. The molecule has 20 heavy (non-hydrogen) atoms. The first-order valence-electron chi connectivity index (χ1n) is 6.71. The molecular weight excluding hydrogens is 258 g/mol. The fourth-order valence-corrected chi connectivity index (χ4v) is 2.12. The Kier molecular flexibility index (Phi) is 4.25. The average molecular weight is 275 g/mol. The van der Waals surface area contributed by atoms with E-state index in [1.807, 2.05) is 24.3 Å². The molecule has 0 atom stereocenters. The van der Waals surface area contributed by atoms with Crippen LogP contribution in [0.1, 0.15) is 0 Å².